The van der Waals surface area contributed by atoms with Crippen LogP contribution in [0.2, 0.25) is 10.0 Å². The Kier molecular flexibility index (Phi) is 4.63. The van der Waals surface area contributed by atoms with Crippen molar-refractivity contribution in [3.8, 4) is 0 Å². The maximum atomic E-state index is 12.0. The molecular weight excluding hydrogens is 295 g/mol. The largest absolute Gasteiger partial charge is 0.289 e. The lowest BCUT2D eigenvalue weighted by Gasteiger charge is -2.02. The third-order valence-corrected chi connectivity index (χ3v) is 3.52. The number of benzene rings is 1. The van der Waals surface area contributed by atoms with Gasteiger partial charge in [-0.25, -0.2) is 0 Å². The van der Waals surface area contributed by atoms with Crippen LogP contribution in [0.4, 0.5) is 0 Å². The van der Waals surface area contributed by atoms with Crippen LogP contribution < -0.4 is 0 Å². The van der Waals surface area contributed by atoms with Crippen LogP contribution in [-0.4, -0.2) is 15.6 Å². The van der Waals surface area contributed by atoms with Gasteiger partial charge in [0, 0.05) is 12.2 Å². The summed E-state index contributed by atoms with van der Waals surface area (Å²) >= 11 is 11.8. The molecule has 2 rings (SSSR count). The molecule has 0 aliphatic heterocycles. The molecule has 0 radical (unpaired) electrons. The van der Waals surface area contributed by atoms with Gasteiger partial charge in [0.1, 0.15) is 0 Å². The van der Waals surface area contributed by atoms with E-state index in [1.54, 1.807) is 41.4 Å². The normalized spacial score (nSPS) is 11.4. The average Bonchev–Trinajstić information content (AvgIpc) is 2.89. The predicted molar refractivity (Wildman–Crippen MR) is 82.4 cm³/mol. The van der Waals surface area contributed by atoms with Crippen LogP contribution in [0.15, 0.2) is 36.7 Å². The second-order valence-corrected chi connectivity index (χ2v) is 5.49. The predicted octanol–water partition coefficient (Wildman–Crippen LogP) is 4.67. The van der Waals surface area contributed by atoms with E-state index in [-0.39, 0.29) is 11.8 Å². The Morgan fingerprint density at radius 3 is 2.65 bits per heavy atom. The molecule has 2 aromatic rings. The molecule has 1 aromatic heterocycles. The van der Waals surface area contributed by atoms with Crippen molar-refractivity contribution in [2.75, 3.05) is 0 Å². The Hall–Kier alpha value is -1.58. The summed E-state index contributed by atoms with van der Waals surface area (Å²) in [5, 5.41) is 5.10. The summed E-state index contributed by atoms with van der Waals surface area (Å²) in [6.45, 7) is 4.01. The first-order valence-corrected chi connectivity index (χ1v) is 6.94. The van der Waals surface area contributed by atoms with Gasteiger partial charge in [0.15, 0.2) is 5.78 Å². The third kappa shape index (κ3) is 3.50. The number of halogens is 2. The fourth-order valence-electron chi connectivity index (χ4n) is 1.63. The van der Waals surface area contributed by atoms with Crippen LogP contribution in [0.5, 0.6) is 0 Å². The lowest BCUT2D eigenvalue weighted by atomic mass is 10.1. The first kappa shape index (κ1) is 14.8. The summed E-state index contributed by atoms with van der Waals surface area (Å²) in [6.07, 6.45) is 6.52. The van der Waals surface area contributed by atoms with Crippen LogP contribution in [0.25, 0.3) is 6.08 Å². The number of hydrogen-bond acceptors (Lipinski definition) is 2. The van der Waals surface area contributed by atoms with Gasteiger partial charge in [-0.2, -0.15) is 5.10 Å². The minimum atomic E-state index is -0.0945. The molecule has 5 heteroatoms. The lowest BCUT2D eigenvalue weighted by Crippen LogP contribution is -2.00. The second kappa shape index (κ2) is 6.25. The number of aromatic nitrogens is 2. The molecule has 0 amide bonds. The van der Waals surface area contributed by atoms with E-state index in [1.165, 1.54) is 6.08 Å². The molecule has 1 aromatic carbocycles. The summed E-state index contributed by atoms with van der Waals surface area (Å²) in [5.74, 6) is -0.0945. The summed E-state index contributed by atoms with van der Waals surface area (Å²) in [7, 11) is 0. The molecule has 0 saturated heterocycles. The average molecular weight is 309 g/mol. The number of carbonyl (C=O) groups is 1. The molecule has 0 aliphatic rings. The van der Waals surface area contributed by atoms with Gasteiger partial charge >= 0.3 is 0 Å². The molecule has 0 bridgehead atoms. The maximum Gasteiger partial charge on any atom is 0.189 e. The van der Waals surface area contributed by atoms with Crippen molar-refractivity contribution in [3.05, 3.63) is 57.8 Å². The van der Waals surface area contributed by atoms with Gasteiger partial charge in [-0.3, -0.25) is 9.48 Å². The molecule has 20 heavy (non-hydrogen) atoms. The molecule has 1 heterocycles. The molecule has 0 spiro atoms. The summed E-state index contributed by atoms with van der Waals surface area (Å²) in [5.41, 5.74) is 1.39. The highest BCUT2D eigenvalue weighted by atomic mass is 35.5. The summed E-state index contributed by atoms with van der Waals surface area (Å²) in [6, 6.07) is 5.45. The van der Waals surface area contributed by atoms with Crippen LogP contribution >= 0.6 is 23.2 Å². The molecule has 0 N–H and O–H groups in total. The number of allylic oxidation sites excluding steroid dienone is 1. The van der Waals surface area contributed by atoms with E-state index in [2.05, 4.69) is 5.10 Å². The number of rotatable bonds is 4. The Morgan fingerprint density at radius 1 is 1.30 bits per heavy atom. The Balaban J connectivity index is 2.13. The lowest BCUT2D eigenvalue weighted by molar-refractivity contribution is 0.104. The monoisotopic (exact) mass is 308 g/mol. The number of ketones is 1. The quantitative estimate of drug-likeness (QED) is 0.608. The summed E-state index contributed by atoms with van der Waals surface area (Å²) < 4.78 is 1.75. The van der Waals surface area contributed by atoms with Gasteiger partial charge < -0.3 is 0 Å². The highest BCUT2D eigenvalue weighted by Crippen LogP contribution is 2.23. The van der Waals surface area contributed by atoms with Crippen molar-refractivity contribution in [1.82, 2.24) is 9.78 Å². The Morgan fingerprint density at radius 2 is 2.05 bits per heavy atom. The van der Waals surface area contributed by atoms with E-state index >= 15 is 0 Å². The first-order chi connectivity index (χ1) is 9.47. The molecule has 104 valence electrons. The van der Waals surface area contributed by atoms with Crippen LogP contribution in [0.3, 0.4) is 0 Å². The zero-order valence-electron chi connectivity index (χ0n) is 11.2. The van der Waals surface area contributed by atoms with E-state index in [1.807, 2.05) is 13.8 Å². The number of carbonyl (C=O) groups excluding carboxylic acids is 1. The number of hydrogen-bond donors (Lipinski definition) is 0. The van der Waals surface area contributed by atoms with Crippen LogP contribution in [-0.2, 0) is 0 Å². The van der Waals surface area contributed by atoms with E-state index in [9.17, 15) is 4.79 Å². The highest BCUT2D eigenvalue weighted by molar-refractivity contribution is 6.42. The molecule has 0 fully saturated rings. The molecule has 3 nitrogen and oxygen atoms in total. The molecule has 0 saturated carbocycles. The standard InChI is InChI=1S/C15H14Cl2N2O/c1-10(2)19-9-12(8-18-19)15(20)6-4-11-3-5-13(16)14(17)7-11/h3-10H,1-2H3/b6-4+. The summed E-state index contributed by atoms with van der Waals surface area (Å²) in [4.78, 5) is 12.0. The maximum absolute atomic E-state index is 12.0. The minimum absolute atomic E-state index is 0.0945. The highest BCUT2D eigenvalue weighted by Gasteiger charge is 2.07. The van der Waals surface area contributed by atoms with Crippen molar-refractivity contribution >= 4 is 35.1 Å². The zero-order valence-corrected chi connectivity index (χ0v) is 12.7. The van der Waals surface area contributed by atoms with Gasteiger partial charge in [-0.15, -0.1) is 0 Å². The number of nitrogens with zero attached hydrogens (tertiary/aromatic N) is 2. The van der Waals surface area contributed by atoms with E-state index in [0.717, 1.165) is 5.56 Å². The van der Waals surface area contributed by atoms with Gasteiger partial charge in [0.25, 0.3) is 0 Å². The molecular formula is C15H14Cl2N2O. The van der Waals surface area contributed by atoms with Crippen molar-refractivity contribution in [2.24, 2.45) is 0 Å². The fourth-order valence-corrected chi connectivity index (χ4v) is 1.94. The van der Waals surface area contributed by atoms with Crippen molar-refractivity contribution in [2.45, 2.75) is 19.9 Å². The van der Waals surface area contributed by atoms with Gasteiger partial charge in [-0.05, 0) is 37.6 Å². The van der Waals surface area contributed by atoms with Crippen molar-refractivity contribution in [1.29, 1.82) is 0 Å². The van der Waals surface area contributed by atoms with Gasteiger partial charge in [-0.1, -0.05) is 35.3 Å². The molecule has 0 unspecified atom stereocenters. The first-order valence-electron chi connectivity index (χ1n) is 6.19. The zero-order chi connectivity index (χ0) is 14.7. The van der Waals surface area contributed by atoms with Crippen LogP contribution in [0, 0.1) is 0 Å². The SMILES string of the molecule is CC(C)n1cc(C(=O)/C=C/c2ccc(Cl)c(Cl)c2)cn1. The fraction of sp³-hybridized carbons (Fsp3) is 0.200. The van der Waals surface area contributed by atoms with Crippen LogP contribution in [0.1, 0.15) is 35.8 Å². The second-order valence-electron chi connectivity index (χ2n) is 4.67. The Labute approximate surface area is 127 Å². The van der Waals surface area contributed by atoms with Gasteiger partial charge in [0.2, 0.25) is 0 Å². The molecule has 0 atom stereocenters. The smallest absolute Gasteiger partial charge is 0.189 e. The Bertz CT molecular complexity index is 660. The van der Waals surface area contributed by atoms with E-state index in [0.29, 0.717) is 15.6 Å². The molecule has 0 aliphatic carbocycles. The third-order valence-electron chi connectivity index (χ3n) is 2.79. The van der Waals surface area contributed by atoms with E-state index in [4.69, 9.17) is 23.2 Å². The minimum Gasteiger partial charge on any atom is -0.289 e. The van der Waals surface area contributed by atoms with E-state index < -0.39 is 0 Å². The topological polar surface area (TPSA) is 34.9 Å². The van der Waals surface area contributed by atoms with Crippen molar-refractivity contribution < 1.29 is 4.79 Å². The van der Waals surface area contributed by atoms with Gasteiger partial charge in [0.05, 0.1) is 21.8 Å². The van der Waals surface area contributed by atoms with Crippen molar-refractivity contribution in [3.63, 3.8) is 0 Å².